The first-order chi connectivity index (χ1) is 12.5. The van der Waals surface area contributed by atoms with E-state index < -0.39 is 10.9 Å². The van der Waals surface area contributed by atoms with E-state index in [1.807, 2.05) is 34.6 Å². The minimum Gasteiger partial charge on any atom is -0.377 e. The quantitative estimate of drug-likeness (QED) is 0.819. The molecular formula is C21H25N3O3. The van der Waals surface area contributed by atoms with E-state index >= 15 is 0 Å². The summed E-state index contributed by atoms with van der Waals surface area (Å²) in [6, 6.07) is 6.93. The molecule has 1 atom stereocenters. The highest BCUT2D eigenvalue weighted by Crippen LogP contribution is 2.34. The van der Waals surface area contributed by atoms with Crippen molar-refractivity contribution in [1.82, 2.24) is 0 Å². The van der Waals surface area contributed by atoms with Crippen LogP contribution in [0.4, 0.5) is 17.1 Å². The lowest BCUT2D eigenvalue weighted by atomic mass is 9.87. The normalized spacial score (nSPS) is 12.5. The van der Waals surface area contributed by atoms with E-state index in [2.05, 4.69) is 11.4 Å². The molecule has 0 saturated carbocycles. The average molecular weight is 367 g/mol. The zero-order chi connectivity index (χ0) is 20.5. The molecule has 6 heteroatoms. The van der Waals surface area contributed by atoms with Gasteiger partial charge in [0.15, 0.2) is 0 Å². The Hall–Kier alpha value is -2.94. The van der Waals surface area contributed by atoms with Crippen molar-refractivity contribution >= 4 is 23.0 Å². The summed E-state index contributed by atoms with van der Waals surface area (Å²) in [5, 5.41) is 12.2. The lowest BCUT2D eigenvalue weighted by Gasteiger charge is -2.32. The van der Waals surface area contributed by atoms with E-state index in [9.17, 15) is 14.4 Å². The van der Waals surface area contributed by atoms with Gasteiger partial charge in [-0.05, 0) is 42.5 Å². The summed E-state index contributed by atoms with van der Waals surface area (Å²) in [5.41, 5.74) is 0.561. The number of anilines is 3. The van der Waals surface area contributed by atoms with Crippen LogP contribution >= 0.6 is 0 Å². The van der Waals surface area contributed by atoms with Gasteiger partial charge in [-0.15, -0.1) is 0 Å². The number of aryl methyl sites for hydroxylation is 1. The second kappa shape index (κ2) is 7.36. The average Bonchev–Trinajstić information content (AvgIpc) is 2.62. The molecule has 27 heavy (non-hydrogen) atoms. The number of carbonyl (C=O) groups is 1. The van der Waals surface area contributed by atoms with Gasteiger partial charge >= 0.3 is 0 Å². The highest BCUT2D eigenvalue weighted by Gasteiger charge is 2.32. The molecule has 0 unspecified atom stereocenters. The molecule has 2 aromatic rings. The number of hydrogen-bond donors (Lipinski definition) is 1. The number of nitriles is 1. The molecule has 0 radical (unpaired) electrons. The van der Waals surface area contributed by atoms with Crippen LogP contribution in [0.25, 0.3) is 0 Å². The Kier molecular flexibility index (Phi) is 5.55. The van der Waals surface area contributed by atoms with Crippen molar-refractivity contribution in [1.29, 1.82) is 5.26 Å². The third-order valence-corrected chi connectivity index (χ3v) is 4.91. The van der Waals surface area contributed by atoms with E-state index in [0.717, 1.165) is 5.56 Å². The fourth-order valence-electron chi connectivity index (χ4n) is 2.76. The molecule has 0 aliphatic heterocycles. The number of hydrogen-bond acceptors (Lipinski definition) is 5. The van der Waals surface area contributed by atoms with Gasteiger partial charge in [0.25, 0.3) is 10.9 Å². The maximum Gasteiger partial charge on any atom is 0.254 e. The highest BCUT2D eigenvalue weighted by atomic mass is 16.2. The zero-order valence-electron chi connectivity index (χ0n) is 16.6. The number of nitrogens with one attached hydrogen (secondary N) is 1. The van der Waals surface area contributed by atoms with Crippen LogP contribution in [0.3, 0.4) is 0 Å². The van der Waals surface area contributed by atoms with Crippen molar-refractivity contribution < 1.29 is 4.79 Å². The third kappa shape index (κ3) is 3.77. The molecule has 0 aromatic heterocycles. The molecule has 1 amide bonds. The van der Waals surface area contributed by atoms with Gasteiger partial charge in [-0.3, -0.25) is 19.3 Å². The molecular weight excluding hydrogens is 342 g/mol. The summed E-state index contributed by atoms with van der Waals surface area (Å²) in [5.74, 6) is -0.368. The topological polar surface area (TPSA) is 90.3 Å². The zero-order valence-corrected chi connectivity index (χ0v) is 16.6. The van der Waals surface area contributed by atoms with Gasteiger partial charge < -0.3 is 5.32 Å². The molecule has 0 aliphatic rings. The number of carbonyl (C=O) groups excluding carboxylic acids is 1. The number of benzene rings is 1. The number of amides is 1. The molecule has 0 saturated heterocycles. The Labute approximate surface area is 159 Å². The van der Waals surface area contributed by atoms with Crippen LogP contribution in [-0.2, 0) is 11.2 Å². The second-order valence-corrected chi connectivity index (χ2v) is 7.78. The van der Waals surface area contributed by atoms with Crippen LogP contribution in [-0.4, -0.2) is 11.9 Å². The molecule has 142 valence electrons. The van der Waals surface area contributed by atoms with E-state index in [-0.39, 0.29) is 28.7 Å². The fraction of sp³-hybridized carbons (Fsp3) is 0.429. The fourth-order valence-corrected chi connectivity index (χ4v) is 2.76. The first-order valence-corrected chi connectivity index (χ1v) is 8.96. The van der Waals surface area contributed by atoms with Crippen molar-refractivity contribution in [3.05, 3.63) is 49.8 Å². The Morgan fingerprint density at radius 1 is 1.26 bits per heavy atom. The number of rotatable bonds is 5. The van der Waals surface area contributed by atoms with Crippen LogP contribution < -0.4 is 21.1 Å². The Morgan fingerprint density at radius 2 is 1.89 bits per heavy atom. The predicted molar refractivity (Wildman–Crippen MR) is 107 cm³/mol. The minimum absolute atomic E-state index is 0.0722. The van der Waals surface area contributed by atoms with Crippen molar-refractivity contribution in [3.63, 3.8) is 0 Å². The van der Waals surface area contributed by atoms with Crippen molar-refractivity contribution in [3.8, 4) is 6.07 Å². The van der Waals surface area contributed by atoms with Crippen molar-refractivity contribution in [2.45, 2.75) is 54.0 Å². The van der Waals surface area contributed by atoms with E-state index in [0.29, 0.717) is 17.7 Å². The van der Waals surface area contributed by atoms with Gasteiger partial charge in [-0.2, -0.15) is 5.26 Å². The number of nitrogens with zero attached hydrogens (tertiary/aromatic N) is 2. The summed E-state index contributed by atoms with van der Waals surface area (Å²) in [6.07, 6.45) is 0.575. The Bertz CT molecular complexity index is 986. The molecule has 0 bridgehead atoms. The van der Waals surface area contributed by atoms with Crippen LogP contribution in [0, 0.1) is 16.7 Å². The SMILES string of the molecule is CCc1cc(C#N)ccc1N(C(C)=O)c1c(N[C@H](C)C(C)(C)C)c(=O)c1=O. The minimum atomic E-state index is -0.680. The van der Waals surface area contributed by atoms with Gasteiger partial charge in [0.05, 0.1) is 17.3 Å². The van der Waals surface area contributed by atoms with Crippen molar-refractivity contribution in [2.24, 2.45) is 5.41 Å². The predicted octanol–water partition coefficient (Wildman–Crippen LogP) is 3.25. The molecule has 0 aliphatic carbocycles. The van der Waals surface area contributed by atoms with E-state index in [1.165, 1.54) is 11.8 Å². The molecule has 1 N–H and O–H groups in total. The van der Waals surface area contributed by atoms with Gasteiger partial charge in [-0.1, -0.05) is 27.7 Å². The Balaban J connectivity index is 2.60. The van der Waals surface area contributed by atoms with Crippen LogP contribution in [0.15, 0.2) is 27.8 Å². The summed E-state index contributed by atoms with van der Waals surface area (Å²) < 4.78 is 0. The molecule has 6 nitrogen and oxygen atoms in total. The third-order valence-electron chi connectivity index (χ3n) is 4.91. The monoisotopic (exact) mass is 367 g/mol. The van der Waals surface area contributed by atoms with Gasteiger partial charge in [0.1, 0.15) is 11.4 Å². The van der Waals surface area contributed by atoms with Crippen LogP contribution in [0.1, 0.15) is 52.7 Å². The van der Waals surface area contributed by atoms with Crippen LogP contribution in [0.5, 0.6) is 0 Å². The molecule has 0 spiro atoms. The van der Waals surface area contributed by atoms with Gasteiger partial charge in [0, 0.05) is 13.0 Å². The molecule has 0 heterocycles. The lowest BCUT2D eigenvalue weighted by Crippen LogP contribution is -2.45. The summed E-state index contributed by atoms with van der Waals surface area (Å²) in [4.78, 5) is 38.2. The first-order valence-electron chi connectivity index (χ1n) is 8.96. The van der Waals surface area contributed by atoms with E-state index in [1.54, 1.807) is 18.2 Å². The van der Waals surface area contributed by atoms with Gasteiger partial charge in [-0.25, -0.2) is 0 Å². The lowest BCUT2D eigenvalue weighted by molar-refractivity contribution is -0.115. The molecule has 2 rings (SSSR count). The Morgan fingerprint density at radius 3 is 2.37 bits per heavy atom. The maximum absolute atomic E-state index is 12.4. The largest absolute Gasteiger partial charge is 0.377 e. The summed E-state index contributed by atoms with van der Waals surface area (Å²) in [6.45, 7) is 11.3. The van der Waals surface area contributed by atoms with E-state index in [4.69, 9.17) is 5.26 Å². The molecule has 2 aromatic carbocycles. The summed E-state index contributed by atoms with van der Waals surface area (Å²) >= 11 is 0. The standard InChI is InChI=1S/C21H25N3O3/c1-7-15-10-14(11-22)8-9-16(15)24(13(3)25)18-17(19(26)20(18)27)23-12(2)21(4,5)6/h8-10,12,23H,7H2,1-6H3/t12-/m1/s1. The smallest absolute Gasteiger partial charge is 0.254 e. The molecule has 0 fully saturated rings. The first kappa shape index (κ1) is 20.4. The van der Waals surface area contributed by atoms with Gasteiger partial charge in [0.2, 0.25) is 5.91 Å². The summed E-state index contributed by atoms with van der Waals surface area (Å²) in [7, 11) is 0. The second-order valence-electron chi connectivity index (χ2n) is 7.78. The maximum atomic E-state index is 12.4. The highest BCUT2D eigenvalue weighted by molar-refractivity contribution is 6.04. The van der Waals surface area contributed by atoms with Crippen molar-refractivity contribution in [2.75, 3.05) is 10.2 Å². The van der Waals surface area contributed by atoms with Crippen LogP contribution in [0.2, 0.25) is 0 Å².